The van der Waals surface area contributed by atoms with Crippen LogP contribution in [0.25, 0.3) is 0 Å². The molecule has 0 radical (unpaired) electrons. The highest BCUT2D eigenvalue weighted by Crippen LogP contribution is 2.22. The number of ether oxygens (including phenoxy) is 2. The summed E-state index contributed by atoms with van der Waals surface area (Å²) in [5.41, 5.74) is 1.42. The molecule has 1 aliphatic rings. The van der Waals surface area contributed by atoms with Gasteiger partial charge in [0.2, 0.25) is 0 Å². The van der Waals surface area contributed by atoms with Crippen molar-refractivity contribution in [2.45, 2.75) is 50.7 Å². The third-order valence-electron chi connectivity index (χ3n) is 4.77. The number of methoxy groups -OCH3 is 1. The van der Waals surface area contributed by atoms with Crippen molar-refractivity contribution in [3.8, 4) is 0 Å². The lowest BCUT2D eigenvalue weighted by atomic mass is 9.97. The summed E-state index contributed by atoms with van der Waals surface area (Å²) in [5, 5.41) is 24.0. The van der Waals surface area contributed by atoms with Crippen LogP contribution in [0, 0.1) is 0 Å². The number of aryl methyl sites for hydroxylation is 1. The summed E-state index contributed by atoms with van der Waals surface area (Å²) in [5.74, 6) is 0. The Kier molecular flexibility index (Phi) is 7.82. The Morgan fingerprint density at radius 1 is 1.38 bits per heavy atom. The molecule has 3 rings (SSSR count). The van der Waals surface area contributed by atoms with Gasteiger partial charge in [0, 0.05) is 24.4 Å². The van der Waals surface area contributed by atoms with Crippen LogP contribution in [-0.2, 0) is 22.6 Å². The number of amides is 2. The van der Waals surface area contributed by atoms with E-state index in [1.165, 1.54) is 0 Å². The largest absolute Gasteiger partial charge is 0.394 e. The second-order valence-electron chi connectivity index (χ2n) is 6.96. The van der Waals surface area contributed by atoms with Gasteiger partial charge in [-0.1, -0.05) is 16.8 Å². The summed E-state index contributed by atoms with van der Waals surface area (Å²) in [7, 11) is 1.62. The Morgan fingerprint density at radius 3 is 2.90 bits per heavy atom. The fourth-order valence-electron chi connectivity index (χ4n) is 3.32. The second-order valence-corrected chi connectivity index (χ2v) is 7.40. The van der Waals surface area contributed by atoms with E-state index in [1.807, 2.05) is 6.20 Å². The van der Waals surface area contributed by atoms with Gasteiger partial charge in [-0.05, 0) is 43.5 Å². The molecule has 3 atom stereocenters. The lowest BCUT2D eigenvalue weighted by Gasteiger charge is -2.36. The highest BCUT2D eigenvalue weighted by molar-refractivity contribution is 6.30. The summed E-state index contributed by atoms with van der Waals surface area (Å²) in [6, 6.07) is 6.25. The van der Waals surface area contributed by atoms with Gasteiger partial charge >= 0.3 is 6.03 Å². The number of aliphatic hydroxyl groups is 1. The van der Waals surface area contributed by atoms with Crippen molar-refractivity contribution in [2.24, 2.45) is 0 Å². The van der Waals surface area contributed by atoms with E-state index in [-0.39, 0.29) is 24.8 Å². The van der Waals surface area contributed by atoms with Crippen LogP contribution in [0.1, 0.15) is 25.0 Å². The fourth-order valence-corrected chi connectivity index (χ4v) is 3.44. The quantitative estimate of drug-likeness (QED) is 0.600. The molecule has 2 aromatic rings. The number of nitrogens with zero attached hydrogens (tertiary/aromatic N) is 3. The van der Waals surface area contributed by atoms with Gasteiger partial charge in [0.25, 0.3) is 0 Å². The van der Waals surface area contributed by atoms with Crippen molar-refractivity contribution in [1.29, 1.82) is 0 Å². The normalized spacial score (nSPS) is 21.7. The van der Waals surface area contributed by atoms with E-state index in [0.29, 0.717) is 23.9 Å². The molecule has 2 amide bonds. The number of carbonyl (C=O) groups is 1. The molecule has 0 bridgehead atoms. The lowest BCUT2D eigenvalue weighted by Crippen LogP contribution is -2.52. The van der Waals surface area contributed by atoms with E-state index < -0.39 is 6.10 Å². The van der Waals surface area contributed by atoms with Crippen LogP contribution in [0.3, 0.4) is 0 Å². The molecule has 1 aliphatic heterocycles. The maximum Gasteiger partial charge on any atom is 0.319 e. The predicted molar refractivity (Wildman–Crippen MR) is 108 cm³/mol. The minimum absolute atomic E-state index is 0.0143. The molecule has 1 aromatic carbocycles. The number of urea groups is 1. The standard InChI is InChI=1S/C19H26ClN5O4/c1-28-12-15-10-25(24-23-15)9-8-16-6-7-17(18(11-26)29-16)22-19(27)21-14-4-2-13(20)3-5-14/h2-5,10,16-18,26H,6-9,11-12H2,1H3,(H2,21,22,27)/t16-,17-,18-/m1/s1. The first-order valence-electron chi connectivity index (χ1n) is 9.54. The Balaban J connectivity index is 1.45. The van der Waals surface area contributed by atoms with Gasteiger partial charge in [-0.25, -0.2) is 4.79 Å². The molecule has 9 nitrogen and oxygen atoms in total. The van der Waals surface area contributed by atoms with Crippen LogP contribution in [0.4, 0.5) is 10.5 Å². The average molecular weight is 424 g/mol. The highest BCUT2D eigenvalue weighted by atomic mass is 35.5. The molecule has 0 unspecified atom stereocenters. The lowest BCUT2D eigenvalue weighted by molar-refractivity contribution is -0.0905. The first kappa shape index (κ1) is 21.5. The maximum absolute atomic E-state index is 12.3. The number of aromatic nitrogens is 3. The zero-order valence-corrected chi connectivity index (χ0v) is 17.0. The molecule has 10 heteroatoms. The number of nitrogens with one attached hydrogen (secondary N) is 2. The van der Waals surface area contributed by atoms with Gasteiger partial charge in [0.15, 0.2) is 0 Å². The number of halogens is 1. The minimum Gasteiger partial charge on any atom is -0.394 e. The van der Waals surface area contributed by atoms with Crippen molar-refractivity contribution < 1.29 is 19.4 Å². The van der Waals surface area contributed by atoms with Gasteiger partial charge in [-0.2, -0.15) is 0 Å². The Morgan fingerprint density at radius 2 is 2.17 bits per heavy atom. The van der Waals surface area contributed by atoms with Gasteiger partial charge in [0.05, 0.1) is 31.6 Å². The number of aliphatic hydroxyl groups excluding tert-OH is 1. The van der Waals surface area contributed by atoms with E-state index in [2.05, 4.69) is 20.9 Å². The van der Waals surface area contributed by atoms with E-state index in [1.54, 1.807) is 36.1 Å². The number of benzene rings is 1. The third kappa shape index (κ3) is 6.40. The van der Waals surface area contributed by atoms with Gasteiger partial charge in [-0.3, -0.25) is 4.68 Å². The molecule has 158 valence electrons. The van der Waals surface area contributed by atoms with Crippen LogP contribution < -0.4 is 10.6 Å². The predicted octanol–water partition coefficient (Wildman–Crippen LogP) is 2.20. The molecule has 3 N–H and O–H groups in total. The monoisotopic (exact) mass is 423 g/mol. The van der Waals surface area contributed by atoms with E-state index in [4.69, 9.17) is 21.1 Å². The topological polar surface area (TPSA) is 111 Å². The number of hydrogen-bond donors (Lipinski definition) is 3. The molecule has 1 fully saturated rings. The van der Waals surface area contributed by atoms with Gasteiger partial charge in [-0.15, -0.1) is 5.10 Å². The number of rotatable bonds is 8. The third-order valence-corrected chi connectivity index (χ3v) is 5.02. The fraction of sp³-hybridized carbons (Fsp3) is 0.526. The molecule has 1 aromatic heterocycles. The van der Waals surface area contributed by atoms with Gasteiger partial charge < -0.3 is 25.2 Å². The summed E-state index contributed by atoms with van der Waals surface area (Å²) in [4.78, 5) is 12.3. The van der Waals surface area contributed by atoms with E-state index in [9.17, 15) is 9.90 Å². The Bertz CT molecular complexity index is 785. The highest BCUT2D eigenvalue weighted by Gasteiger charge is 2.31. The minimum atomic E-state index is -0.454. The van der Waals surface area contributed by atoms with Gasteiger partial charge in [0.1, 0.15) is 11.8 Å². The molecule has 0 spiro atoms. The molecule has 0 saturated carbocycles. The summed E-state index contributed by atoms with van der Waals surface area (Å²) in [6.07, 6.45) is 3.62. The van der Waals surface area contributed by atoms with Crippen molar-refractivity contribution >= 4 is 23.3 Å². The number of hydrogen-bond acceptors (Lipinski definition) is 6. The van der Waals surface area contributed by atoms with Crippen molar-refractivity contribution in [1.82, 2.24) is 20.3 Å². The van der Waals surface area contributed by atoms with E-state index in [0.717, 1.165) is 25.0 Å². The molecule has 1 saturated heterocycles. The Hall–Kier alpha value is -2.20. The van der Waals surface area contributed by atoms with Crippen LogP contribution in [-0.4, -0.2) is 58.1 Å². The summed E-state index contributed by atoms with van der Waals surface area (Å²) in [6.45, 7) is 0.927. The van der Waals surface area contributed by atoms with Crippen LogP contribution >= 0.6 is 11.6 Å². The molecular formula is C19H26ClN5O4. The first-order chi connectivity index (χ1) is 14.1. The van der Waals surface area contributed by atoms with Crippen LogP contribution in [0.2, 0.25) is 5.02 Å². The molecule has 29 heavy (non-hydrogen) atoms. The number of anilines is 1. The van der Waals surface area contributed by atoms with Crippen molar-refractivity contribution in [3.63, 3.8) is 0 Å². The SMILES string of the molecule is COCc1cn(CC[C@H]2CC[C@@H](NC(=O)Nc3ccc(Cl)cc3)[C@@H](CO)O2)nn1. The maximum atomic E-state index is 12.3. The molecule has 0 aliphatic carbocycles. The summed E-state index contributed by atoms with van der Waals surface area (Å²) >= 11 is 5.85. The smallest absolute Gasteiger partial charge is 0.319 e. The van der Waals surface area contributed by atoms with Crippen LogP contribution in [0.5, 0.6) is 0 Å². The second kappa shape index (κ2) is 10.5. The Labute approximate surface area is 174 Å². The molecular weight excluding hydrogens is 398 g/mol. The van der Waals surface area contributed by atoms with Crippen molar-refractivity contribution in [2.75, 3.05) is 19.0 Å². The zero-order chi connectivity index (χ0) is 20.6. The number of carbonyl (C=O) groups excluding carboxylic acids is 1. The first-order valence-corrected chi connectivity index (χ1v) is 9.92. The van der Waals surface area contributed by atoms with Crippen molar-refractivity contribution in [3.05, 3.63) is 41.2 Å². The van der Waals surface area contributed by atoms with E-state index >= 15 is 0 Å². The van der Waals surface area contributed by atoms with Crippen LogP contribution in [0.15, 0.2) is 30.5 Å². The molecule has 2 heterocycles. The summed E-state index contributed by atoms with van der Waals surface area (Å²) < 4.78 is 12.8. The average Bonchev–Trinajstić information content (AvgIpc) is 3.16. The zero-order valence-electron chi connectivity index (χ0n) is 16.3.